The predicted molar refractivity (Wildman–Crippen MR) is 261 cm³/mol. The van der Waals surface area contributed by atoms with Gasteiger partial charge < -0.3 is 4.57 Å². The molecule has 0 atom stereocenters. The molecule has 2 nitrogen and oxygen atoms in total. The molecule has 0 N–H and O–H groups in total. The third kappa shape index (κ3) is 7.09. The van der Waals surface area contributed by atoms with E-state index in [1.807, 2.05) is 6.20 Å². The van der Waals surface area contributed by atoms with Crippen molar-refractivity contribution in [1.29, 1.82) is 0 Å². The molecule has 0 saturated carbocycles. The zero-order valence-corrected chi connectivity index (χ0v) is 34.3. The topological polar surface area (TPSA) is 17.8 Å². The van der Waals surface area contributed by atoms with Crippen LogP contribution in [-0.2, 0) is 0 Å². The second-order valence-corrected chi connectivity index (χ2v) is 15.5. The van der Waals surface area contributed by atoms with Crippen LogP contribution < -0.4 is 0 Å². The Morgan fingerprint density at radius 1 is 0.508 bits per heavy atom. The van der Waals surface area contributed by atoms with Gasteiger partial charge in [-0.05, 0) is 110 Å². The Morgan fingerprint density at radius 3 is 1.85 bits per heavy atom. The normalized spacial score (nSPS) is 12.7. The Balaban J connectivity index is 1.17. The number of fused-ring (bicyclic) bond motifs is 5. The number of pyridine rings is 1. The molecule has 290 valence electrons. The minimum Gasteiger partial charge on any atom is -0.309 e. The standard InChI is InChI=1S/C59H44N2/c1-3-4-7-22-48(39-41(2)50-29-16-23-43-18-12-14-27-51(43)50)57(53-30-17-24-44-19-13-15-28-52(44)53)45-33-31-42(32-34-45)47-35-36-55-54(40-47)58-56(61(55)49-25-10-6-11-26-49)37-38-60-59(58)46-20-8-5-9-21-46/h3-40H,1-2H3/b4-3-,22-7-,41-39+,57-48+. The summed E-state index contributed by atoms with van der Waals surface area (Å²) >= 11 is 0. The van der Waals surface area contributed by atoms with Crippen molar-refractivity contribution in [2.24, 2.45) is 0 Å². The van der Waals surface area contributed by atoms with Crippen LogP contribution in [0.3, 0.4) is 0 Å². The molecule has 0 amide bonds. The van der Waals surface area contributed by atoms with Crippen molar-refractivity contribution in [3.63, 3.8) is 0 Å². The van der Waals surface area contributed by atoms with E-state index in [1.54, 1.807) is 0 Å². The van der Waals surface area contributed by atoms with Gasteiger partial charge in [0.1, 0.15) is 0 Å². The first-order valence-electron chi connectivity index (χ1n) is 21.0. The molecular weight excluding hydrogens is 737 g/mol. The molecule has 0 saturated heterocycles. The highest BCUT2D eigenvalue weighted by Gasteiger charge is 2.19. The van der Waals surface area contributed by atoms with Crippen LogP contribution >= 0.6 is 0 Å². The summed E-state index contributed by atoms with van der Waals surface area (Å²) in [5.74, 6) is 0. The molecule has 0 unspecified atom stereocenters. The highest BCUT2D eigenvalue weighted by molar-refractivity contribution is 6.15. The summed E-state index contributed by atoms with van der Waals surface area (Å²) in [7, 11) is 0. The number of benzene rings is 8. The smallest absolute Gasteiger partial charge is 0.0802 e. The molecule has 10 rings (SSSR count). The molecule has 0 bridgehead atoms. The van der Waals surface area contributed by atoms with Gasteiger partial charge in [-0.1, -0.05) is 194 Å². The van der Waals surface area contributed by atoms with Crippen molar-refractivity contribution in [2.45, 2.75) is 13.8 Å². The SMILES string of the molecule is C\C=C/C=C\C(\C=C(/C)c1cccc2ccccc12)=C(\c1ccc(-c2ccc3c(c2)c2c(-c4ccccc4)nccc2n3-c2ccccc2)cc1)c1cccc2ccccc12. The maximum absolute atomic E-state index is 4.98. The number of para-hydroxylation sites is 1. The number of rotatable bonds is 9. The highest BCUT2D eigenvalue weighted by Crippen LogP contribution is 2.40. The van der Waals surface area contributed by atoms with Gasteiger partial charge in [-0.15, -0.1) is 0 Å². The Hall–Kier alpha value is -7.81. The number of nitrogens with zero attached hydrogens (tertiary/aromatic N) is 2. The summed E-state index contributed by atoms with van der Waals surface area (Å²) in [6.45, 7) is 4.30. The van der Waals surface area contributed by atoms with Crippen LogP contribution in [0.15, 0.2) is 236 Å². The molecular formula is C59H44N2. The lowest BCUT2D eigenvalue weighted by Crippen LogP contribution is -1.95. The van der Waals surface area contributed by atoms with Gasteiger partial charge in [0.2, 0.25) is 0 Å². The second-order valence-electron chi connectivity index (χ2n) is 15.5. The Bertz CT molecular complexity index is 3330. The minimum atomic E-state index is 0.987. The Kier molecular flexibility index (Phi) is 10.1. The first kappa shape index (κ1) is 37.5. The average molecular weight is 781 g/mol. The molecule has 0 fully saturated rings. The molecule has 0 spiro atoms. The van der Waals surface area contributed by atoms with E-state index in [1.165, 1.54) is 49.2 Å². The van der Waals surface area contributed by atoms with Gasteiger partial charge in [-0.25, -0.2) is 0 Å². The van der Waals surface area contributed by atoms with E-state index < -0.39 is 0 Å². The lowest BCUT2D eigenvalue weighted by molar-refractivity contribution is 1.17. The summed E-state index contributed by atoms with van der Waals surface area (Å²) < 4.78 is 2.36. The van der Waals surface area contributed by atoms with Crippen molar-refractivity contribution in [3.8, 4) is 28.1 Å². The summed E-state index contributed by atoms with van der Waals surface area (Å²) in [6.07, 6.45) is 12.9. The van der Waals surface area contributed by atoms with E-state index in [2.05, 4.69) is 243 Å². The first-order chi connectivity index (χ1) is 30.2. The van der Waals surface area contributed by atoms with Crippen molar-refractivity contribution < 1.29 is 0 Å². The van der Waals surface area contributed by atoms with Crippen LogP contribution in [0.4, 0.5) is 0 Å². The molecule has 8 aromatic carbocycles. The molecule has 0 aliphatic rings. The quantitative estimate of drug-likeness (QED) is 0.133. The lowest BCUT2D eigenvalue weighted by Gasteiger charge is -2.17. The third-order valence-corrected chi connectivity index (χ3v) is 11.8. The van der Waals surface area contributed by atoms with Crippen LogP contribution in [0.5, 0.6) is 0 Å². The van der Waals surface area contributed by atoms with E-state index in [0.717, 1.165) is 55.6 Å². The van der Waals surface area contributed by atoms with E-state index in [9.17, 15) is 0 Å². The fourth-order valence-corrected chi connectivity index (χ4v) is 8.92. The van der Waals surface area contributed by atoms with Crippen molar-refractivity contribution in [1.82, 2.24) is 9.55 Å². The number of allylic oxidation sites excluding steroid dienone is 7. The molecule has 0 radical (unpaired) electrons. The minimum absolute atomic E-state index is 0.987. The fraction of sp³-hybridized carbons (Fsp3) is 0.0339. The van der Waals surface area contributed by atoms with Crippen LogP contribution in [-0.4, -0.2) is 9.55 Å². The molecule has 61 heavy (non-hydrogen) atoms. The van der Waals surface area contributed by atoms with Crippen molar-refractivity contribution in [2.75, 3.05) is 0 Å². The van der Waals surface area contributed by atoms with Gasteiger partial charge in [0, 0.05) is 28.2 Å². The van der Waals surface area contributed by atoms with Crippen LogP contribution in [0.25, 0.3) is 82.6 Å². The summed E-state index contributed by atoms with van der Waals surface area (Å²) in [5, 5.41) is 7.26. The lowest BCUT2D eigenvalue weighted by atomic mass is 9.87. The van der Waals surface area contributed by atoms with Crippen molar-refractivity contribution in [3.05, 3.63) is 253 Å². The molecule has 0 aliphatic heterocycles. The van der Waals surface area contributed by atoms with Gasteiger partial charge in [0.05, 0.1) is 16.7 Å². The van der Waals surface area contributed by atoms with E-state index in [-0.39, 0.29) is 0 Å². The van der Waals surface area contributed by atoms with Gasteiger partial charge in [0.15, 0.2) is 0 Å². The van der Waals surface area contributed by atoms with Crippen LogP contribution in [0.2, 0.25) is 0 Å². The fourth-order valence-electron chi connectivity index (χ4n) is 8.92. The number of aromatic nitrogens is 2. The zero-order chi connectivity index (χ0) is 41.1. The van der Waals surface area contributed by atoms with Gasteiger partial charge in [-0.3, -0.25) is 4.98 Å². The van der Waals surface area contributed by atoms with Crippen molar-refractivity contribution >= 4 is 54.5 Å². The van der Waals surface area contributed by atoms with Crippen LogP contribution in [0, 0.1) is 0 Å². The summed E-state index contributed by atoms with van der Waals surface area (Å²) in [4.78, 5) is 4.98. The van der Waals surface area contributed by atoms with Gasteiger partial charge in [0.25, 0.3) is 0 Å². The first-order valence-corrected chi connectivity index (χ1v) is 21.0. The molecule has 0 aliphatic carbocycles. The predicted octanol–water partition coefficient (Wildman–Crippen LogP) is 15.9. The van der Waals surface area contributed by atoms with Gasteiger partial charge >= 0.3 is 0 Å². The number of hydrogen-bond acceptors (Lipinski definition) is 1. The molecule has 2 heteroatoms. The third-order valence-electron chi connectivity index (χ3n) is 11.8. The van der Waals surface area contributed by atoms with Gasteiger partial charge in [-0.2, -0.15) is 0 Å². The Morgan fingerprint density at radius 2 is 1.13 bits per heavy atom. The highest BCUT2D eigenvalue weighted by atomic mass is 15.0. The average Bonchev–Trinajstić information content (AvgIpc) is 3.66. The largest absolute Gasteiger partial charge is 0.309 e. The maximum atomic E-state index is 4.98. The molecule has 2 heterocycles. The summed E-state index contributed by atoms with van der Waals surface area (Å²) in [5.41, 5.74) is 14.9. The monoisotopic (exact) mass is 780 g/mol. The maximum Gasteiger partial charge on any atom is 0.0802 e. The van der Waals surface area contributed by atoms with Crippen LogP contribution in [0.1, 0.15) is 30.5 Å². The molecule has 2 aromatic heterocycles. The zero-order valence-electron chi connectivity index (χ0n) is 34.3. The van der Waals surface area contributed by atoms with E-state index in [0.29, 0.717) is 0 Å². The number of hydrogen-bond donors (Lipinski definition) is 0. The van der Waals surface area contributed by atoms with E-state index >= 15 is 0 Å². The summed E-state index contributed by atoms with van der Waals surface area (Å²) in [6, 6.07) is 69.9. The second kappa shape index (κ2) is 16.4. The Labute approximate surface area is 357 Å². The van der Waals surface area contributed by atoms with E-state index in [4.69, 9.17) is 4.98 Å². The molecule has 10 aromatic rings.